The van der Waals surface area contributed by atoms with Gasteiger partial charge in [-0.3, -0.25) is 14.5 Å². The first-order valence-electron chi connectivity index (χ1n) is 10.8. The van der Waals surface area contributed by atoms with Crippen LogP contribution in [0.4, 0.5) is 11.4 Å². The second-order valence-electron chi connectivity index (χ2n) is 8.07. The van der Waals surface area contributed by atoms with E-state index in [0.29, 0.717) is 29.7 Å². The molecule has 2 fully saturated rings. The van der Waals surface area contributed by atoms with E-state index < -0.39 is 0 Å². The van der Waals surface area contributed by atoms with Crippen LogP contribution in [0, 0.1) is 0 Å². The van der Waals surface area contributed by atoms with Crippen molar-refractivity contribution < 1.29 is 9.59 Å². The predicted molar refractivity (Wildman–Crippen MR) is 125 cm³/mol. The number of carbonyl (C=O) groups excluding carboxylic acids is 2. The maximum absolute atomic E-state index is 13.1. The molecule has 1 aromatic heterocycles. The number of amides is 2. The van der Waals surface area contributed by atoms with Gasteiger partial charge in [0.1, 0.15) is 0 Å². The topological polar surface area (TPSA) is 68.8 Å². The summed E-state index contributed by atoms with van der Waals surface area (Å²) in [5.41, 5.74) is 2.47. The van der Waals surface area contributed by atoms with Gasteiger partial charge in [-0.05, 0) is 24.3 Å². The van der Waals surface area contributed by atoms with Crippen LogP contribution in [0.15, 0.2) is 66.2 Å². The van der Waals surface area contributed by atoms with Gasteiger partial charge in [-0.2, -0.15) is 0 Å². The Kier molecular flexibility index (Phi) is 5.87. The number of carbonyl (C=O) groups is 2. The molecule has 3 aromatic rings. The minimum Gasteiger partial charge on any atom is -0.355 e. The number of hydrogen-bond acceptors (Lipinski definition) is 6. The van der Waals surface area contributed by atoms with Crippen LogP contribution in [0.5, 0.6) is 0 Å². The largest absolute Gasteiger partial charge is 0.355 e. The van der Waals surface area contributed by atoms with Gasteiger partial charge in [0.2, 0.25) is 0 Å². The number of anilines is 2. The standard InChI is InChI=1S/C24H25N5O2S/c30-23(20-8-4-5-9-21(20)26-18-6-2-1-3-7-18)29-16-19(17-29)27-11-13-28(14-12-27)24(31)22-25-10-15-32-22/h1-10,15,19,26H,11-14,16-17H2. The zero-order chi connectivity index (χ0) is 21.9. The molecular weight excluding hydrogens is 422 g/mol. The molecule has 0 radical (unpaired) electrons. The summed E-state index contributed by atoms with van der Waals surface area (Å²) < 4.78 is 0. The molecule has 2 aromatic carbocycles. The fourth-order valence-electron chi connectivity index (χ4n) is 4.23. The second-order valence-corrected chi connectivity index (χ2v) is 8.96. The normalized spacial score (nSPS) is 17.1. The molecule has 2 amide bonds. The minimum atomic E-state index is 0.0209. The molecule has 0 spiro atoms. The zero-order valence-corrected chi connectivity index (χ0v) is 18.5. The van der Waals surface area contributed by atoms with Crippen LogP contribution in [0.3, 0.4) is 0 Å². The van der Waals surface area contributed by atoms with E-state index in [9.17, 15) is 9.59 Å². The van der Waals surface area contributed by atoms with Crippen LogP contribution in [0.2, 0.25) is 0 Å². The molecule has 0 bridgehead atoms. The highest BCUT2D eigenvalue weighted by Crippen LogP contribution is 2.26. The summed E-state index contributed by atoms with van der Waals surface area (Å²) >= 11 is 1.39. The number of benzene rings is 2. The van der Waals surface area contributed by atoms with Gasteiger partial charge >= 0.3 is 0 Å². The molecule has 0 saturated carbocycles. The third kappa shape index (κ3) is 4.24. The number of nitrogens with one attached hydrogen (secondary N) is 1. The van der Waals surface area contributed by atoms with E-state index in [1.54, 1.807) is 6.20 Å². The summed E-state index contributed by atoms with van der Waals surface area (Å²) in [5, 5.41) is 5.75. The van der Waals surface area contributed by atoms with Gasteiger partial charge in [0.15, 0.2) is 5.01 Å². The van der Waals surface area contributed by atoms with Gasteiger partial charge in [-0.25, -0.2) is 4.98 Å². The Labute approximate surface area is 191 Å². The Hall–Kier alpha value is -3.23. The van der Waals surface area contributed by atoms with Gasteiger partial charge in [0.05, 0.1) is 11.3 Å². The molecule has 0 atom stereocenters. The Balaban J connectivity index is 1.15. The van der Waals surface area contributed by atoms with Crippen LogP contribution in [-0.4, -0.2) is 76.8 Å². The molecule has 7 nitrogen and oxygen atoms in total. The number of para-hydroxylation sites is 2. The Morgan fingerprint density at radius 2 is 1.59 bits per heavy atom. The number of hydrogen-bond donors (Lipinski definition) is 1. The van der Waals surface area contributed by atoms with E-state index in [1.807, 2.05) is 69.8 Å². The maximum atomic E-state index is 13.1. The third-order valence-electron chi connectivity index (χ3n) is 6.09. The predicted octanol–water partition coefficient (Wildman–Crippen LogP) is 3.17. The average molecular weight is 448 g/mol. The molecule has 5 rings (SSSR count). The molecule has 0 unspecified atom stereocenters. The lowest BCUT2D eigenvalue weighted by Gasteiger charge is -2.48. The van der Waals surface area contributed by atoms with E-state index in [0.717, 1.165) is 37.6 Å². The van der Waals surface area contributed by atoms with Crippen molar-refractivity contribution in [3.63, 3.8) is 0 Å². The van der Waals surface area contributed by atoms with Crippen molar-refractivity contribution in [3.8, 4) is 0 Å². The third-order valence-corrected chi connectivity index (χ3v) is 6.85. The van der Waals surface area contributed by atoms with E-state index >= 15 is 0 Å². The molecule has 0 aliphatic carbocycles. The summed E-state index contributed by atoms with van der Waals surface area (Å²) in [6, 6.07) is 17.9. The maximum Gasteiger partial charge on any atom is 0.282 e. The first kappa shape index (κ1) is 20.7. The summed E-state index contributed by atoms with van der Waals surface area (Å²) in [6.45, 7) is 4.50. The van der Waals surface area contributed by atoms with E-state index in [1.165, 1.54) is 11.3 Å². The van der Waals surface area contributed by atoms with Crippen molar-refractivity contribution in [2.24, 2.45) is 0 Å². The molecular formula is C24H25N5O2S. The molecule has 164 valence electrons. The van der Waals surface area contributed by atoms with Gasteiger partial charge in [0, 0.05) is 62.6 Å². The van der Waals surface area contributed by atoms with Gasteiger partial charge < -0.3 is 15.1 Å². The lowest BCUT2D eigenvalue weighted by molar-refractivity contribution is 0.00859. The highest BCUT2D eigenvalue weighted by Gasteiger charge is 2.37. The smallest absolute Gasteiger partial charge is 0.282 e. The monoisotopic (exact) mass is 447 g/mol. The fourth-order valence-corrected chi connectivity index (χ4v) is 4.83. The molecule has 2 aliphatic heterocycles. The van der Waals surface area contributed by atoms with Crippen LogP contribution in [-0.2, 0) is 0 Å². The first-order chi connectivity index (χ1) is 15.7. The summed E-state index contributed by atoms with van der Waals surface area (Å²) in [7, 11) is 0. The number of likely N-dealkylation sites (tertiary alicyclic amines) is 1. The van der Waals surface area contributed by atoms with Crippen molar-refractivity contribution in [1.29, 1.82) is 0 Å². The van der Waals surface area contributed by atoms with Gasteiger partial charge in [-0.15, -0.1) is 11.3 Å². The Morgan fingerprint density at radius 3 is 2.31 bits per heavy atom. The van der Waals surface area contributed by atoms with Crippen molar-refractivity contribution in [1.82, 2.24) is 19.7 Å². The van der Waals surface area contributed by atoms with Crippen LogP contribution in [0.25, 0.3) is 0 Å². The van der Waals surface area contributed by atoms with Crippen molar-refractivity contribution in [2.45, 2.75) is 6.04 Å². The zero-order valence-electron chi connectivity index (χ0n) is 17.7. The molecule has 32 heavy (non-hydrogen) atoms. The lowest BCUT2D eigenvalue weighted by atomic mass is 10.0. The van der Waals surface area contributed by atoms with Gasteiger partial charge in [-0.1, -0.05) is 30.3 Å². The van der Waals surface area contributed by atoms with Crippen LogP contribution < -0.4 is 5.32 Å². The number of aromatic nitrogens is 1. The lowest BCUT2D eigenvalue weighted by Crippen LogP contribution is -2.64. The van der Waals surface area contributed by atoms with E-state index in [2.05, 4.69) is 15.2 Å². The first-order valence-corrected chi connectivity index (χ1v) is 11.7. The molecule has 2 aliphatic rings. The quantitative estimate of drug-likeness (QED) is 0.651. The number of rotatable bonds is 5. The summed E-state index contributed by atoms with van der Waals surface area (Å²) in [4.78, 5) is 35.9. The number of piperazine rings is 1. The van der Waals surface area contributed by atoms with E-state index in [4.69, 9.17) is 0 Å². The molecule has 1 N–H and O–H groups in total. The highest BCUT2D eigenvalue weighted by atomic mass is 32.1. The van der Waals surface area contributed by atoms with Crippen molar-refractivity contribution in [3.05, 3.63) is 76.7 Å². The second kappa shape index (κ2) is 9.10. The fraction of sp³-hybridized carbons (Fsp3) is 0.292. The average Bonchev–Trinajstić information content (AvgIpc) is 3.34. The molecule has 2 saturated heterocycles. The van der Waals surface area contributed by atoms with Crippen molar-refractivity contribution >= 4 is 34.5 Å². The van der Waals surface area contributed by atoms with E-state index in [-0.39, 0.29) is 11.8 Å². The Morgan fingerprint density at radius 1 is 0.875 bits per heavy atom. The van der Waals surface area contributed by atoms with Crippen LogP contribution >= 0.6 is 11.3 Å². The van der Waals surface area contributed by atoms with Gasteiger partial charge in [0.25, 0.3) is 11.8 Å². The minimum absolute atomic E-state index is 0.0209. The molecule has 8 heteroatoms. The summed E-state index contributed by atoms with van der Waals surface area (Å²) in [6.07, 6.45) is 1.67. The van der Waals surface area contributed by atoms with Crippen LogP contribution in [0.1, 0.15) is 20.2 Å². The number of nitrogens with zero attached hydrogens (tertiary/aromatic N) is 4. The Bertz CT molecular complexity index is 1070. The SMILES string of the molecule is O=C(c1nccs1)N1CCN(C2CN(C(=O)c3ccccc3Nc3ccccc3)C2)CC1. The number of thiazole rings is 1. The van der Waals surface area contributed by atoms with Crippen molar-refractivity contribution in [2.75, 3.05) is 44.6 Å². The summed E-state index contributed by atoms with van der Waals surface area (Å²) in [5.74, 6) is 0.0745. The highest BCUT2D eigenvalue weighted by molar-refractivity contribution is 7.11. The molecule has 3 heterocycles.